The summed E-state index contributed by atoms with van der Waals surface area (Å²) in [6.45, 7) is 9.40. The van der Waals surface area contributed by atoms with E-state index in [1.165, 1.54) is 0 Å². The van der Waals surface area contributed by atoms with Crippen LogP contribution in [0.2, 0.25) is 0 Å². The Hall–Kier alpha value is -0.960. The lowest BCUT2D eigenvalue weighted by Crippen LogP contribution is -2.49. The van der Waals surface area contributed by atoms with Gasteiger partial charge in [-0.1, -0.05) is 25.3 Å². The van der Waals surface area contributed by atoms with E-state index >= 15 is 0 Å². The highest BCUT2D eigenvalue weighted by Crippen LogP contribution is 2.47. The van der Waals surface area contributed by atoms with Crippen LogP contribution in [0, 0.1) is 17.3 Å². The van der Waals surface area contributed by atoms with Crippen molar-refractivity contribution in [2.24, 2.45) is 5.41 Å². The van der Waals surface area contributed by atoms with E-state index in [1.807, 2.05) is 20.8 Å². The number of hydrogen-bond donors (Lipinski definition) is 1. The average Bonchev–Trinajstić information content (AvgIpc) is 2.22. The molecule has 0 amide bonds. The molecule has 1 heteroatoms. The number of rotatable bonds is 1. The highest BCUT2D eigenvalue weighted by Gasteiger charge is 2.48. The molecule has 1 saturated carbocycles. The van der Waals surface area contributed by atoms with Crippen LogP contribution < -0.4 is 0 Å². The summed E-state index contributed by atoms with van der Waals surface area (Å²) in [5.74, 6) is 6.12. The molecule has 0 aromatic heterocycles. The van der Waals surface area contributed by atoms with Gasteiger partial charge in [-0.15, -0.1) is 11.7 Å². The monoisotopic (exact) mass is 204 g/mol. The van der Waals surface area contributed by atoms with Crippen LogP contribution in [-0.2, 0) is 0 Å². The first-order valence-electron chi connectivity index (χ1n) is 5.53. The SMILES string of the molecule is C=C=C(C)[C@@]1(O)CCCC[C@]1(C)C#CC. The molecule has 1 aliphatic rings. The molecule has 1 nitrogen and oxygen atoms in total. The zero-order valence-corrected chi connectivity index (χ0v) is 9.98. The fourth-order valence-electron chi connectivity index (χ4n) is 2.53. The van der Waals surface area contributed by atoms with Gasteiger partial charge in [-0.3, -0.25) is 0 Å². The Morgan fingerprint density at radius 1 is 1.33 bits per heavy atom. The van der Waals surface area contributed by atoms with Gasteiger partial charge in [0, 0.05) is 5.57 Å². The molecule has 0 bridgehead atoms. The third kappa shape index (κ3) is 1.88. The van der Waals surface area contributed by atoms with Crippen molar-refractivity contribution in [3.63, 3.8) is 0 Å². The maximum absolute atomic E-state index is 10.7. The number of hydrogen-bond acceptors (Lipinski definition) is 1. The molecule has 0 spiro atoms. The van der Waals surface area contributed by atoms with Gasteiger partial charge in [0.25, 0.3) is 0 Å². The molecule has 0 radical (unpaired) electrons. The van der Waals surface area contributed by atoms with Gasteiger partial charge >= 0.3 is 0 Å². The van der Waals surface area contributed by atoms with Gasteiger partial charge in [0.05, 0.1) is 5.41 Å². The summed E-state index contributed by atoms with van der Waals surface area (Å²) in [7, 11) is 0. The largest absolute Gasteiger partial charge is 0.383 e. The molecule has 0 saturated heterocycles. The van der Waals surface area contributed by atoms with Crippen LogP contribution in [0.5, 0.6) is 0 Å². The van der Waals surface area contributed by atoms with Gasteiger partial charge in [-0.05, 0) is 33.6 Å². The van der Waals surface area contributed by atoms with Crippen molar-refractivity contribution in [3.05, 3.63) is 17.9 Å². The van der Waals surface area contributed by atoms with Crippen LogP contribution >= 0.6 is 0 Å². The molecule has 0 aromatic carbocycles. The van der Waals surface area contributed by atoms with Crippen LogP contribution in [0.25, 0.3) is 0 Å². The zero-order valence-electron chi connectivity index (χ0n) is 9.98. The predicted molar refractivity (Wildman–Crippen MR) is 63.3 cm³/mol. The molecule has 1 N–H and O–H groups in total. The first kappa shape index (κ1) is 12.1. The van der Waals surface area contributed by atoms with Crippen LogP contribution in [0.1, 0.15) is 46.5 Å². The van der Waals surface area contributed by atoms with Gasteiger partial charge in [-0.25, -0.2) is 0 Å². The van der Waals surface area contributed by atoms with Crippen LogP contribution in [0.3, 0.4) is 0 Å². The molecule has 0 unspecified atom stereocenters. The molecule has 82 valence electrons. The van der Waals surface area contributed by atoms with Crippen LogP contribution in [0.15, 0.2) is 17.9 Å². The molecular formula is C14H20O. The minimum absolute atomic E-state index is 0.339. The molecule has 2 atom stereocenters. The Labute approximate surface area is 92.9 Å². The van der Waals surface area contributed by atoms with E-state index in [0.717, 1.165) is 31.3 Å². The third-order valence-corrected chi connectivity index (χ3v) is 3.66. The van der Waals surface area contributed by atoms with E-state index in [0.29, 0.717) is 0 Å². The van der Waals surface area contributed by atoms with E-state index in [4.69, 9.17) is 0 Å². The fraction of sp³-hybridized carbons (Fsp3) is 0.643. The Morgan fingerprint density at radius 3 is 2.47 bits per heavy atom. The van der Waals surface area contributed by atoms with Crippen molar-refractivity contribution in [3.8, 4) is 11.8 Å². The van der Waals surface area contributed by atoms with E-state index in [2.05, 4.69) is 24.2 Å². The second-order valence-corrected chi connectivity index (χ2v) is 4.58. The second kappa shape index (κ2) is 4.27. The third-order valence-electron chi connectivity index (χ3n) is 3.66. The van der Waals surface area contributed by atoms with Crippen molar-refractivity contribution in [2.75, 3.05) is 0 Å². The summed E-state index contributed by atoms with van der Waals surface area (Å²) in [5, 5.41) is 10.7. The van der Waals surface area contributed by atoms with Gasteiger partial charge in [0.1, 0.15) is 5.60 Å². The van der Waals surface area contributed by atoms with Crippen molar-refractivity contribution in [1.29, 1.82) is 0 Å². The second-order valence-electron chi connectivity index (χ2n) is 4.58. The predicted octanol–water partition coefficient (Wildman–Crippen LogP) is 3.05. The van der Waals surface area contributed by atoms with Crippen molar-refractivity contribution in [2.45, 2.75) is 52.1 Å². The molecule has 15 heavy (non-hydrogen) atoms. The lowest BCUT2D eigenvalue weighted by Gasteiger charge is -2.45. The fourth-order valence-corrected chi connectivity index (χ4v) is 2.53. The number of aliphatic hydroxyl groups is 1. The lowest BCUT2D eigenvalue weighted by atomic mass is 9.62. The van der Waals surface area contributed by atoms with E-state index in [9.17, 15) is 5.11 Å². The molecule has 1 aliphatic carbocycles. The summed E-state index contributed by atoms with van der Waals surface area (Å²) >= 11 is 0. The van der Waals surface area contributed by atoms with E-state index in [1.54, 1.807) is 0 Å². The standard InChI is InChI=1S/C14H20O/c1-5-9-13(4)10-7-8-11-14(13,15)12(3)6-2/h15H,2,7-8,10-11H2,1,3-4H3/t13-,14-/m0/s1. The van der Waals surface area contributed by atoms with Crippen molar-refractivity contribution >= 4 is 0 Å². The van der Waals surface area contributed by atoms with Crippen molar-refractivity contribution in [1.82, 2.24) is 0 Å². The van der Waals surface area contributed by atoms with Gasteiger partial charge in [0.2, 0.25) is 0 Å². The Balaban J connectivity index is 3.21. The Bertz CT molecular complexity index is 351. The van der Waals surface area contributed by atoms with Gasteiger partial charge < -0.3 is 5.11 Å². The quantitative estimate of drug-likeness (QED) is 0.514. The molecule has 0 aromatic rings. The van der Waals surface area contributed by atoms with Crippen LogP contribution in [0.4, 0.5) is 0 Å². The summed E-state index contributed by atoms with van der Waals surface area (Å²) in [6, 6.07) is 0. The summed E-state index contributed by atoms with van der Waals surface area (Å²) in [4.78, 5) is 0. The first-order chi connectivity index (χ1) is 7.00. The zero-order chi connectivity index (χ0) is 11.5. The topological polar surface area (TPSA) is 20.2 Å². The Kier molecular flexibility index (Phi) is 3.45. The maximum atomic E-state index is 10.7. The summed E-state index contributed by atoms with van der Waals surface area (Å²) in [6.07, 6.45) is 3.91. The summed E-state index contributed by atoms with van der Waals surface area (Å²) < 4.78 is 0. The lowest BCUT2D eigenvalue weighted by molar-refractivity contribution is -0.0437. The minimum atomic E-state index is -0.837. The van der Waals surface area contributed by atoms with Crippen LogP contribution in [-0.4, -0.2) is 10.7 Å². The molecule has 0 aliphatic heterocycles. The minimum Gasteiger partial charge on any atom is -0.383 e. The first-order valence-corrected chi connectivity index (χ1v) is 5.53. The molecule has 1 rings (SSSR count). The molecular weight excluding hydrogens is 184 g/mol. The maximum Gasteiger partial charge on any atom is 0.109 e. The van der Waals surface area contributed by atoms with E-state index < -0.39 is 5.60 Å². The van der Waals surface area contributed by atoms with Crippen molar-refractivity contribution < 1.29 is 5.11 Å². The molecule has 0 heterocycles. The Morgan fingerprint density at radius 2 is 1.93 bits per heavy atom. The van der Waals surface area contributed by atoms with Gasteiger partial charge in [0.15, 0.2) is 0 Å². The normalized spacial score (nSPS) is 34.9. The highest BCUT2D eigenvalue weighted by molar-refractivity contribution is 5.28. The summed E-state index contributed by atoms with van der Waals surface area (Å²) in [5.41, 5.74) is 2.49. The smallest absolute Gasteiger partial charge is 0.109 e. The average molecular weight is 204 g/mol. The molecule has 1 fully saturated rings. The van der Waals surface area contributed by atoms with E-state index in [-0.39, 0.29) is 5.41 Å². The van der Waals surface area contributed by atoms with Gasteiger partial charge in [-0.2, -0.15) is 0 Å². The highest BCUT2D eigenvalue weighted by atomic mass is 16.3.